The van der Waals surface area contributed by atoms with Crippen molar-refractivity contribution in [2.45, 2.75) is 31.7 Å². The summed E-state index contributed by atoms with van der Waals surface area (Å²) in [5, 5.41) is 6.23. The van der Waals surface area contributed by atoms with E-state index in [1.807, 2.05) is 13.0 Å². The predicted molar refractivity (Wildman–Crippen MR) is 119 cm³/mol. The Balaban J connectivity index is 0.00000450. The Morgan fingerprint density at radius 2 is 1.90 bits per heavy atom. The number of alkyl halides is 3. The molecule has 0 spiro atoms. The highest BCUT2D eigenvalue weighted by atomic mass is 127. The minimum Gasteiger partial charge on any atom is -0.357 e. The van der Waals surface area contributed by atoms with Crippen molar-refractivity contribution in [3.63, 3.8) is 0 Å². The van der Waals surface area contributed by atoms with E-state index in [2.05, 4.69) is 15.6 Å². The van der Waals surface area contributed by atoms with Crippen molar-refractivity contribution in [3.8, 4) is 0 Å². The van der Waals surface area contributed by atoms with Crippen LogP contribution in [0.1, 0.15) is 25.3 Å². The van der Waals surface area contributed by atoms with Crippen molar-refractivity contribution in [3.05, 3.63) is 35.6 Å². The highest BCUT2D eigenvalue weighted by Gasteiger charge is 2.50. The van der Waals surface area contributed by atoms with Crippen LogP contribution in [0.25, 0.3) is 0 Å². The average molecular weight is 566 g/mol. The molecule has 0 aromatic heterocycles. The summed E-state index contributed by atoms with van der Waals surface area (Å²) in [6.45, 7) is 3.14. The summed E-state index contributed by atoms with van der Waals surface area (Å²) in [4.78, 5) is 4.45. The summed E-state index contributed by atoms with van der Waals surface area (Å²) in [7, 11) is -5.26. The molecule has 1 aromatic rings. The lowest BCUT2D eigenvalue weighted by atomic mass is 9.98. The highest BCUT2D eigenvalue weighted by Crippen LogP contribution is 2.30. The van der Waals surface area contributed by atoms with Crippen LogP contribution in [-0.2, 0) is 16.4 Å². The van der Waals surface area contributed by atoms with Crippen molar-refractivity contribution >= 4 is 40.0 Å². The number of halogens is 5. The summed E-state index contributed by atoms with van der Waals surface area (Å²) in [6, 6.07) is 6.33. The van der Waals surface area contributed by atoms with E-state index in [4.69, 9.17) is 0 Å². The van der Waals surface area contributed by atoms with E-state index in [1.165, 1.54) is 12.1 Å². The molecule has 0 aliphatic carbocycles. The molecule has 30 heavy (non-hydrogen) atoms. The molecule has 0 amide bonds. The standard InChI is InChI=1S/C18H26F4N4O2S.HI/c1-2-23-17(24-9-6-14-4-3-5-16(19)12-14)25-13-15-7-10-26(11-8-15)29(27,28)18(20,21)22;/h3-5,12,15H,2,6-11,13H2,1H3,(H2,23,24,25);1H. The molecule has 1 aliphatic heterocycles. The van der Waals surface area contributed by atoms with Gasteiger partial charge in [0.1, 0.15) is 5.82 Å². The van der Waals surface area contributed by atoms with Gasteiger partial charge in [0.05, 0.1) is 0 Å². The molecule has 2 N–H and O–H groups in total. The molecule has 1 aromatic carbocycles. The van der Waals surface area contributed by atoms with Crippen LogP contribution >= 0.6 is 24.0 Å². The molecule has 12 heteroatoms. The number of nitrogens with zero attached hydrogens (tertiary/aromatic N) is 2. The van der Waals surface area contributed by atoms with Crippen LogP contribution in [0.5, 0.6) is 0 Å². The Labute approximate surface area is 191 Å². The highest BCUT2D eigenvalue weighted by molar-refractivity contribution is 14.0. The maximum Gasteiger partial charge on any atom is 0.511 e. The minimum atomic E-state index is -5.26. The van der Waals surface area contributed by atoms with Gasteiger partial charge in [0.2, 0.25) is 0 Å². The first-order valence-electron chi connectivity index (χ1n) is 9.46. The van der Waals surface area contributed by atoms with E-state index in [-0.39, 0.29) is 48.8 Å². The molecular formula is C18H27F4IN4O2S. The monoisotopic (exact) mass is 566 g/mol. The van der Waals surface area contributed by atoms with E-state index in [9.17, 15) is 26.0 Å². The van der Waals surface area contributed by atoms with Gasteiger partial charge in [-0.25, -0.2) is 12.8 Å². The molecule has 0 unspecified atom stereocenters. The number of hydrogen-bond acceptors (Lipinski definition) is 3. The fourth-order valence-corrected chi connectivity index (χ4v) is 4.04. The molecular weight excluding hydrogens is 539 g/mol. The van der Waals surface area contributed by atoms with E-state index in [1.54, 1.807) is 6.07 Å². The lowest BCUT2D eigenvalue weighted by Gasteiger charge is -2.30. The quantitative estimate of drug-likeness (QED) is 0.231. The summed E-state index contributed by atoms with van der Waals surface area (Å²) in [6.07, 6.45) is 1.25. The van der Waals surface area contributed by atoms with Crippen molar-refractivity contribution in [1.29, 1.82) is 0 Å². The normalized spacial score (nSPS) is 16.8. The van der Waals surface area contributed by atoms with E-state index in [0.29, 0.717) is 49.2 Å². The van der Waals surface area contributed by atoms with E-state index >= 15 is 0 Å². The van der Waals surface area contributed by atoms with Crippen LogP contribution in [0.4, 0.5) is 17.6 Å². The lowest BCUT2D eigenvalue weighted by Crippen LogP contribution is -2.45. The van der Waals surface area contributed by atoms with Crippen LogP contribution in [0, 0.1) is 11.7 Å². The second kappa shape index (κ2) is 12.0. The minimum absolute atomic E-state index is 0. The zero-order chi connectivity index (χ0) is 21.5. The Morgan fingerprint density at radius 1 is 1.23 bits per heavy atom. The molecule has 0 atom stereocenters. The van der Waals surface area contributed by atoms with Gasteiger partial charge in [0.25, 0.3) is 0 Å². The summed E-state index contributed by atoms with van der Waals surface area (Å²) in [5.41, 5.74) is -4.41. The molecule has 0 saturated carbocycles. The number of piperidine rings is 1. The lowest BCUT2D eigenvalue weighted by molar-refractivity contribution is -0.0496. The van der Waals surface area contributed by atoms with Gasteiger partial charge in [-0.2, -0.15) is 17.5 Å². The first-order valence-corrected chi connectivity index (χ1v) is 10.9. The number of benzene rings is 1. The Bertz CT molecular complexity index is 798. The average Bonchev–Trinajstić information content (AvgIpc) is 2.65. The Kier molecular flexibility index (Phi) is 10.8. The molecule has 1 heterocycles. The third-order valence-electron chi connectivity index (χ3n) is 4.65. The Hall–Kier alpha value is -1.15. The van der Waals surface area contributed by atoms with Crippen LogP contribution in [-0.4, -0.2) is 56.9 Å². The first kappa shape index (κ1) is 26.9. The molecule has 1 fully saturated rings. The fraction of sp³-hybridized carbons (Fsp3) is 0.611. The summed E-state index contributed by atoms with van der Waals surface area (Å²) in [5.74, 6) is 0.282. The number of sulfonamides is 1. The topological polar surface area (TPSA) is 73.8 Å². The van der Waals surface area contributed by atoms with Crippen LogP contribution in [0.15, 0.2) is 29.3 Å². The zero-order valence-corrected chi connectivity index (χ0v) is 19.7. The van der Waals surface area contributed by atoms with Gasteiger partial charge in [0.15, 0.2) is 5.96 Å². The summed E-state index contributed by atoms with van der Waals surface area (Å²) < 4.78 is 74.5. The molecule has 172 valence electrons. The molecule has 1 saturated heterocycles. The second-order valence-electron chi connectivity index (χ2n) is 6.82. The molecule has 0 bridgehead atoms. The third kappa shape index (κ3) is 7.84. The maximum atomic E-state index is 13.2. The smallest absolute Gasteiger partial charge is 0.357 e. The van der Waals surface area contributed by atoms with Gasteiger partial charge in [-0.3, -0.25) is 4.99 Å². The van der Waals surface area contributed by atoms with Crippen molar-refractivity contribution < 1.29 is 26.0 Å². The van der Waals surface area contributed by atoms with Gasteiger partial charge >= 0.3 is 15.5 Å². The first-order chi connectivity index (χ1) is 13.6. The van der Waals surface area contributed by atoms with Crippen molar-refractivity contribution in [1.82, 2.24) is 14.9 Å². The molecule has 6 nitrogen and oxygen atoms in total. The SMILES string of the molecule is CCNC(=NCC1CCN(S(=O)(=O)C(F)(F)F)CC1)NCCc1cccc(F)c1.I. The van der Waals surface area contributed by atoms with Crippen LogP contribution in [0.3, 0.4) is 0 Å². The third-order valence-corrected chi connectivity index (χ3v) is 6.28. The Morgan fingerprint density at radius 3 is 2.47 bits per heavy atom. The molecule has 2 rings (SSSR count). The van der Waals surface area contributed by atoms with E-state index < -0.39 is 15.5 Å². The van der Waals surface area contributed by atoms with E-state index in [0.717, 1.165) is 5.56 Å². The van der Waals surface area contributed by atoms with Gasteiger partial charge in [-0.1, -0.05) is 12.1 Å². The largest absolute Gasteiger partial charge is 0.511 e. The number of nitrogens with one attached hydrogen (secondary N) is 2. The fourth-order valence-electron chi connectivity index (χ4n) is 3.06. The second-order valence-corrected chi connectivity index (χ2v) is 8.75. The number of rotatable bonds is 7. The zero-order valence-electron chi connectivity index (χ0n) is 16.6. The summed E-state index contributed by atoms with van der Waals surface area (Å²) >= 11 is 0. The van der Waals surface area contributed by atoms with Crippen LogP contribution < -0.4 is 10.6 Å². The van der Waals surface area contributed by atoms with Gasteiger partial charge in [0, 0.05) is 32.7 Å². The van der Waals surface area contributed by atoms with Crippen LogP contribution in [0.2, 0.25) is 0 Å². The number of hydrogen-bond donors (Lipinski definition) is 2. The maximum absolute atomic E-state index is 13.2. The van der Waals surface area contributed by atoms with Gasteiger partial charge < -0.3 is 10.6 Å². The molecule has 0 radical (unpaired) electrons. The van der Waals surface area contributed by atoms with Crippen molar-refractivity contribution in [2.24, 2.45) is 10.9 Å². The van der Waals surface area contributed by atoms with Gasteiger partial charge in [-0.05, 0) is 49.8 Å². The number of guanidine groups is 1. The molecule has 1 aliphatic rings. The van der Waals surface area contributed by atoms with Gasteiger partial charge in [-0.15, -0.1) is 24.0 Å². The number of aliphatic imine (C=N–C) groups is 1. The van der Waals surface area contributed by atoms with Crippen molar-refractivity contribution in [2.75, 3.05) is 32.7 Å². The predicted octanol–water partition coefficient (Wildman–Crippen LogP) is 3.10.